The number of halogens is 2. The zero-order valence-corrected chi connectivity index (χ0v) is 19.7. The van der Waals surface area contributed by atoms with Gasteiger partial charge in [0.15, 0.2) is 5.82 Å². The number of carbonyl (C=O) groups excluding carboxylic acids is 1. The number of anilines is 1. The topological polar surface area (TPSA) is 56.1 Å². The van der Waals surface area contributed by atoms with Crippen molar-refractivity contribution in [3.63, 3.8) is 0 Å². The minimum absolute atomic E-state index is 0.257. The number of nitrogens with zero attached hydrogens (tertiary/aromatic N) is 2. The minimum atomic E-state index is -0.296. The van der Waals surface area contributed by atoms with Crippen molar-refractivity contribution in [2.45, 2.75) is 26.5 Å². The van der Waals surface area contributed by atoms with E-state index in [0.29, 0.717) is 28.0 Å². The van der Waals surface area contributed by atoms with E-state index in [4.69, 9.17) is 4.74 Å². The van der Waals surface area contributed by atoms with Crippen molar-refractivity contribution in [2.75, 3.05) is 5.32 Å². The second-order valence-electron chi connectivity index (χ2n) is 7.56. The van der Waals surface area contributed by atoms with E-state index in [1.165, 1.54) is 11.6 Å². The molecule has 4 aromatic rings. The van der Waals surface area contributed by atoms with Gasteiger partial charge < -0.3 is 10.1 Å². The summed E-state index contributed by atoms with van der Waals surface area (Å²) in [4.78, 5) is 12.8. The fourth-order valence-electron chi connectivity index (χ4n) is 3.33. The molecule has 0 saturated carbocycles. The summed E-state index contributed by atoms with van der Waals surface area (Å²) in [7, 11) is 0. The largest absolute Gasteiger partial charge is 0.489 e. The number of benzene rings is 3. The predicted octanol–water partition coefficient (Wildman–Crippen LogP) is 6.23. The number of nitrogens with one attached hydrogen (secondary N) is 1. The zero-order valence-electron chi connectivity index (χ0n) is 18.1. The Kier molecular flexibility index (Phi) is 7.19. The molecule has 0 radical (unpaired) electrons. The van der Waals surface area contributed by atoms with E-state index in [1.807, 2.05) is 36.4 Å². The second kappa shape index (κ2) is 10.4. The van der Waals surface area contributed by atoms with Gasteiger partial charge in [0.2, 0.25) is 0 Å². The SMILES string of the molecule is CCc1ccc(OCc2cccc(C(=O)Nc3nn(Cc4ccccc4F)cc3Br)c2)cc1. The third-order valence-corrected chi connectivity index (χ3v) is 5.75. The molecule has 1 heterocycles. The first-order chi connectivity index (χ1) is 16.0. The van der Waals surface area contributed by atoms with E-state index in [9.17, 15) is 9.18 Å². The summed E-state index contributed by atoms with van der Waals surface area (Å²) in [5.74, 6) is 0.566. The highest BCUT2D eigenvalue weighted by Crippen LogP contribution is 2.22. The van der Waals surface area contributed by atoms with Gasteiger partial charge in [-0.1, -0.05) is 49.4 Å². The molecule has 0 saturated heterocycles. The highest BCUT2D eigenvalue weighted by Gasteiger charge is 2.13. The van der Waals surface area contributed by atoms with Crippen molar-refractivity contribution in [3.05, 3.63) is 112 Å². The summed E-state index contributed by atoms with van der Waals surface area (Å²) in [6.07, 6.45) is 2.69. The van der Waals surface area contributed by atoms with Crippen LogP contribution in [0.2, 0.25) is 0 Å². The number of aromatic nitrogens is 2. The summed E-state index contributed by atoms with van der Waals surface area (Å²) < 4.78 is 22.0. The highest BCUT2D eigenvalue weighted by atomic mass is 79.9. The molecule has 4 rings (SSSR count). The first-order valence-electron chi connectivity index (χ1n) is 10.6. The maximum absolute atomic E-state index is 13.9. The number of hydrogen-bond donors (Lipinski definition) is 1. The Balaban J connectivity index is 1.40. The van der Waals surface area contributed by atoms with Gasteiger partial charge in [-0.05, 0) is 63.8 Å². The molecule has 1 N–H and O–H groups in total. The molecule has 0 aliphatic heterocycles. The van der Waals surface area contributed by atoms with Crippen molar-refractivity contribution < 1.29 is 13.9 Å². The maximum atomic E-state index is 13.9. The monoisotopic (exact) mass is 507 g/mol. The van der Waals surface area contributed by atoms with E-state index in [2.05, 4.69) is 33.3 Å². The third-order valence-electron chi connectivity index (χ3n) is 5.17. The number of rotatable bonds is 8. The molecule has 0 bridgehead atoms. The van der Waals surface area contributed by atoms with Crippen LogP contribution >= 0.6 is 15.9 Å². The standard InChI is InChI=1S/C26H23BrFN3O2/c1-2-18-10-12-22(13-11-18)33-17-19-6-5-8-20(14-19)26(32)29-25-23(27)16-31(30-25)15-21-7-3-4-9-24(21)28/h3-14,16H,2,15,17H2,1H3,(H,29,30,32). The molecule has 3 aromatic carbocycles. The van der Waals surface area contributed by atoms with Gasteiger partial charge in [-0.3, -0.25) is 9.48 Å². The molecule has 1 amide bonds. The maximum Gasteiger partial charge on any atom is 0.256 e. The Bertz CT molecular complexity index is 1250. The van der Waals surface area contributed by atoms with E-state index < -0.39 is 0 Å². The molecule has 5 nitrogen and oxygen atoms in total. The summed E-state index contributed by atoms with van der Waals surface area (Å²) >= 11 is 3.41. The van der Waals surface area contributed by atoms with E-state index in [0.717, 1.165) is 17.7 Å². The Morgan fingerprint density at radius 3 is 2.61 bits per heavy atom. The van der Waals surface area contributed by atoms with E-state index in [-0.39, 0.29) is 18.3 Å². The van der Waals surface area contributed by atoms with Gasteiger partial charge in [0.1, 0.15) is 18.2 Å². The molecule has 0 fully saturated rings. The normalized spacial score (nSPS) is 10.8. The van der Waals surface area contributed by atoms with Crippen molar-refractivity contribution in [1.29, 1.82) is 0 Å². The molecule has 33 heavy (non-hydrogen) atoms. The molecule has 7 heteroatoms. The van der Waals surface area contributed by atoms with Gasteiger partial charge in [0.05, 0.1) is 11.0 Å². The lowest BCUT2D eigenvalue weighted by Gasteiger charge is -2.09. The molecule has 168 valence electrons. The lowest BCUT2D eigenvalue weighted by molar-refractivity contribution is 0.102. The van der Waals surface area contributed by atoms with Crippen LogP contribution in [-0.4, -0.2) is 15.7 Å². The molecule has 0 atom stereocenters. The molecule has 0 spiro atoms. The third kappa shape index (κ3) is 5.87. The average Bonchev–Trinajstić information content (AvgIpc) is 3.18. The van der Waals surface area contributed by atoms with Crippen molar-refractivity contribution in [2.24, 2.45) is 0 Å². The van der Waals surface area contributed by atoms with E-state index in [1.54, 1.807) is 41.2 Å². The number of amides is 1. The first-order valence-corrected chi connectivity index (χ1v) is 11.4. The summed E-state index contributed by atoms with van der Waals surface area (Å²) in [5, 5.41) is 7.18. The lowest BCUT2D eigenvalue weighted by Crippen LogP contribution is -2.13. The molecule has 0 unspecified atom stereocenters. The van der Waals surface area contributed by atoms with Gasteiger partial charge in [0, 0.05) is 17.3 Å². The Morgan fingerprint density at radius 1 is 1.06 bits per heavy atom. The van der Waals surface area contributed by atoms with E-state index >= 15 is 0 Å². The van der Waals surface area contributed by atoms with Crippen LogP contribution in [0.4, 0.5) is 10.2 Å². The number of hydrogen-bond acceptors (Lipinski definition) is 3. The molecule has 0 aliphatic carbocycles. The van der Waals surface area contributed by atoms with Crippen LogP contribution in [0.3, 0.4) is 0 Å². The lowest BCUT2D eigenvalue weighted by atomic mass is 10.1. The number of aryl methyl sites for hydroxylation is 1. The highest BCUT2D eigenvalue weighted by molar-refractivity contribution is 9.10. The zero-order chi connectivity index (χ0) is 23.2. The van der Waals surface area contributed by atoms with Crippen LogP contribution in [-0.2, 0) is 19.6 Å². The quantitative estimate of drug-likeness (QED) is 0.307. The van der Waals surface area contributed by atoms with Crippen LogP contribution in [0.5, 0.6) is 5.75 Å². The Hall–Kier alpha value is -3.45. The Labute approximate surface area is 200 Å². The summed E-state index contributed by atoms with van der Waals surface area (Å²) in [6.45, 7) is 2.72. The molecule has 1 aromatic heterocycles. The summed E-state index contributed by atoms with van der Waals surface area (Å²) in [6, 6.07) is 21.8. The Morgan fingerprint density at radius 2 is 1.85 bits per heavy atom. The second-order valence-corrected chi connectivity index (χ2v) is 8.41. The van der Waals surface area contributed by atoms with Crippen LogP contribution < -0.4 is 10.1 Å². The van der Waals surface area contributed by atoms with Crippen LogP contribution in [0.25, 0.3) is 0 Å². The van der Waals surface area contributed by atoms with Crippen molar-refractivity contribution in [3.8, 4) is 5.75 Å². The molecular formula is C26H23BrFN3O2. The smallest absolute Gasteiger partial charge is 0.256 e. The number of ether oxygens (including phenoxy) is 1. The van der Waals surface area contributed by atoms with Gasteiger partial charge in [-0.2, -0.15) is 5.10 Å². The molecular weight excluding hydrogens is 485 g/mol. The van der Waals surface area contributed by atoms with Crippen molar-refractivity contribution in [1.82, 2.24) is 9.78 Å². The van der Waals surface area contributed by atoms with Gasteiger partial charge in [-0.25, -0.2) is 4.39 Å². The van der Waals surface area contributed by atoms with Crippen LogP contribution in [0.1, 0.15) is 34.0 Å². The number of carbonyl (C=O) groups is 1. The van der Waals surface area contributed by atoms with Gasteiger partial charge in [-0.15, -0.1) is 0 Å². The first kappa shape index (κ1) is 22.7. The van der Waals surface area contributed by atoms with Crippen LogP contribution in [0.15, 0.2) is 83.5 Å². The average molecular weight is 508 g/mol. The van der Waals surface area contributed by atoms with Gasteiger partial charge in [0.25, 0.3) is 5.91 Å². The summed E-state index contributed by atoms with van der Waals surface area (Å²) in [5.41, 5.74) is 3.14. The fraction of sp³-hybridized carbons (Fsp3) is 0.154. The van der Waals surface area contributed by atoms with Crippen molar-refractivity contribution >= 4 is 27.7 Å². The predicted molar refractivity (Wildman–Crippen MR) is 130 cm³/mol. The minimum Gasteiger partial charge on any atom is -0.489 e. The molecule has 0 aliphatic rings. The fourth-order valence-corrected chi connectivity index (χ4v) is 3.75. The van der Waals surface area contributed by atoms with Gasteiger partial charge >= 0.3 is 0 Å². The van der Waals surface area contributed by atoms with Crippen LogP contribution in [0, 0.1) is 5.82 Å².